The number of aromatic nitrogens is 2. The Morgan fingerprint density at radius 1 is 1.02 bits per heavy atom. The number of hydrogen-bond donors (Lipinski definition) is 2. The Balaban J connectivity index is 1.12. The van der Waals surface area contributed by atoms with Crippen molar-refractivity contribution in [2.45, 2.75) is 32.4 Å². The van der Waals surface area contributed by atoms with Gasteiger partial charge in [0, 0.05) is 30.1 Å². The molecule has 0 fully saturated rings. The summed E-state index contributed by atoms with van der Waals surface area (Å²) >= 11 is 2.85. The Bertz CT molecular complexity index is 1760. The Kier molecular flexibility index (Phi) is 8.87. The Labute approximate surface area is 263 Å². The number of carbonyl (C=O) groups is 2. The summed E-state index contributed by atoms with van der Waals surface area (Å²) in [5, 5.41) is 14.1. The van der Waals surface area contributed by atoms with Gasteiger partial charge >= 0.3 is 5.97 Å². The molecule has 0 aliphatic carbocycles. The van der Waals surface area contributed by atoms with Crippen molar-refractivity contribution < 1.29 is 19.4 Å². The van der Waals surface area contributed by atoms with Gasteiger partial charge in [-0.2, -0.15) is 0 Å². The lowest BCUT2D eigenvalue weighted by Gasteiger charge is -2.29. The number of thiazole rings is 2. The minimum Gasteiger partial charge on any atom is -0.494 e. The molecule has 0 bridgehead atoms. The van der Waals surface area contributed by atoms with Crippen LogP contribution in [0.5, 0.6) is 5.75 Å². The molecule has 9 nitrogen and oxygen atoms in total. The Hall–Kier alpha value is -4.32. The molecule has 0 spiro atoms. The number of aryl methyl sites for hydroxylation is 1. The quantitative estimate of drug-likeness (QED) is 0.164. The molecule has 44 heavy (non-hydrogen) atoms. The largest absolute Gasteiger partial charge is 0.494 e. The maximum atomic E-state index is 13.4. The number of para-hydroxylation sites is 1. The second-order valence-corrected chi connectivity index (χ2v) is 13.1. The minimum atomic E-state index is -1.03. The molecule has 0 radical (unpaired) electrons. The number of ether oxygens (including phenoxy) is 1. The lowest BCUT2D eigenvalue weighted by molar-refractivity contribution is 0.0690. The molecular weight excluding hydrogens is 595 g/mol. The van der Waals surface area contributed by atoms with Crippen molar-refractivity contribution >= 4 is 55.0 Å². The Morgan fingerprint density at radius 2 is 1.84 bits per heavy atom. The summed E-state index contributed by atoms with van der Waals surface area (Å²) in [5.74, 6) is -0.444. The van der Waals surface area contributed by atoms with E-state index in [9.17, 15) is 14.7 Å². The molecule has 6 rings (SSSR count). The number of nitrogens with one attached hydrogen (secondary N) is 1. The molecule has 0 saturated heterocycles. The van der Waals surface area contributed by atoms with Gasteiger partial charge in [0.2, 0.25) is 0 Å². The second kappa shape index (κ2) is 13.1. The van der Waals surface area contributed by atoms with Crippen molar-refractivity contribution in [1.29, 1.82) is 0 Å². The highest BCUT2D eigenvalue weighted by Gasteiger charge is 2.26. The van der Waals surface area contributed by atoms with Crippen LogP contribution < -0.4 is 15.0 Å². The van der Waals surface area contributed by atoms with Crippen molar-refractivity contribution in [2.24, 2.45) is 0 Å². The van der Waals surface area contributed by atoms with E-state index in [1.807, 2.05) is 68.7 Å². The molecular formula is C33H33N5O4S2. The normalized spacial score (nSPS) is 12.8. The molecule has 0 atom stereocenters. The number of fused-ring (bicyclic) bond motifs is 2. The summed E-state index contributed by atoms with van der Waals surface area (Å²) in [7, 11) is 4.07. The van der Waals surface area contributed by atoms with E-state index in [0.29, 0.717) is 48.4 Å². The lowest BCUT2D eigenvalue weighted by atomic mass is 9.94. The van der Waals surface area contributed by atoms with E-state index in [-0.39, 0.29) is 11.6 Å². The van der Waals surface area contributed by atoms with E-state index in [1.165, 1.54) is 28.2 Å². The fourth-order valence-corrected chi connectivity index (χ4v) is 7.32. The van der Waals surface area contributed by atoms with Crippen LogP contribution in [0.3, 0.4) is 0 Å². The van der Waals surface area contributed by atoms with E-state index in [2.05, 4.69) is 37.2 Å². The topological polar surface area (TPSA) is 108 Å². The molecule has 2 N–H and O–H groups in total. The number of carboxylic acids is 1. The molecule has 1 amide bonds. The first kappa shape index (κ1) is 29.7. The SMILES string of the molecule is CN(C)Cc1ccc(OCCCc2sc(N3CCc4cccc(C(=O)Nc5nc6ccccc6s5)c4C3)nc2C(=O)O)cc1. The van der Waals surface area contributed by atoms with E-state index in [1.54, 1.807) is 0 Å². The number of rotatable bonds is 11. The van der Waals surface area contributed by atoms with Crippen molar-refractivity contribution in [1.82, 2.24) is 14.9 Å². The first-order valence-electron chi connectivity index (χ1n) is 14.5. The molecule has 1 aliphatic heterocycles. The average molecular weight is 628 g/mol. The maximum Gasteiger partial charge on any atom is 0.355 e. The Morgan fingerprint density at radius 3 is 2.61 bits per heavy atom. The van der Waals surface area contributed by atoms with Crippen LogP contribution in [0.25, 0.3) is 10.2 Å². The van der Waals surface area contributed by atoms with Crippen LogP contribution in [-0.4, -0.2) is 59.1 Å². The van der Waals surface area contributed by atoms with Crippen molar-refractivity contribution in [3.63, 3.8) is 0 Å². The number of nitrogens with zero attached hydrogens (tertiary/aromatic N) is 4. The monoisotopic (exact) mass is 627 g/mol. The molecule has 3 aromatic carbocycles. The molecule has 0 unspecified atom stereocenters. The van der Waals surface area contributed by atoms with Gasteiger partial charge < -0.3 is 19.6 Å². The van der Waals surface area contributed by atoms with Gasteiger partial charge in [-0.25, -0.2) is 14.8 Å². The first-order valence-corrected chi connectivity index (χ1v) is 16.1. The summed E-state index contributed by atoms with van der Waals surface area (Å²) in [6, 6.07) is 21.6. The van der Waals surface area contributed by atoms with Crippen LogP contribution in [-0.2, 0) is 25.9 Å². The summed E-state index contributed by atoms with van der Waals surface area (Å²) < 4.78 is 6.93. The number of aromatic carboxylic acids is 1. The highest BCUT2D eigenvalue weighted by atomic mass is 32.1. The molecule has 226 valence electrons. The number of carboxylic acid groups (broad SMARTS) is 1. The van der Waals surface area contributed by atoms with E-state index < -0.39 is 5.97 Å². The number of carbonyl (C=O) groups excluding carboxylic acids is 1. The summed E-state index contributed by atoms with van der Waals surface area (Å²) in [5.41, 5.74) is 4.78. The van der Waals surface area contributed by atoms with Gasteiger partial charge in [0.05, 0.1) is 16.8 Å². The van der Waals surface area contributed by atoms with Gasteiger partial charge in [0.25, 0.3) is 5.91 Å². The zero-order valence-corrected chi connectivity index (χ0v) is 26.2. The summed E-state index contributed by atoms with van der Waals surface area (Å²) in [4.78, 5) is 39.5. The standard InChI is InChI=1S/C33H33N5O4S2/c1-37(2)19-21-12-14-23(15-13-21)42-18-6-11-28-29(31(40)41)35-33(44-28)38-17-16-22-7-5-8-24(25(22)20-38)30(39)36-32-34-26-9-3-4-10-27(26)43-32/h3-5,7-10,12-15H,6,11,16-20H2,1-2H3,(H,40,41)(H,34,36,39). The zero-order chi connectivity index (χ0) is 30.6. The van der Waals surface area contributed by atoms with Crippen LogP contribution in [0.4, 0.5) is 10.3 Å². The molecule has 2 aromatic heterocycles. The molecule has 3 heterocycles. The van der Waals surface area contributed by atoms with E-state index in [4.69, 9.17) is 4.74 Å². The van der Waals surface area contributed by atoms with Crippen LogP contribution in [0.15, 0.2) is 66.7 Å². The zero-order valence-electron chi connectivity index (χ0n) is 24.6. The molecule has 1 aliphatic rings. The fourth-order valence-electron chi connectivity index (χ4n) is 5.34. The van der Waals surface area contributed by atoms with Gasteiger partial charge in [-0.15, -0.1) is 11.3 Å². The van der Waals surface area contributed by atoms with Crippen LogP contribution in [0, 0.1) is 0 Å². The van der Waals surface area contributed by atoms with Gasteiger partial charge in [0.15, 0.2) is 16.0 Å². The van der Waals surface area contributed by atoms with Crippen LogP contribution in [0.2, 0.25) is 0 Å². The fraction of sp³-hybridized carbons (Fsp3) is 0.273. The molecule has 0 saturated carbocycles. The van der Waals surface area contributed by atoms with Crippen molar-refractivity contribution in [3.8, 4) is 5.75 Å². The minimum absolute atomic E-state index is 0.0886. The third-order valence-corrected chi connectivity index (χ3v) is 9.56. The number of hydrogen-bond acceptors (Lipinski definition) is 9. The predicted octanol–water partition coefficient (Wildman–Crippen LogP) is 6.34. The van der Waals surface area contributed by atoms with Crippen molar-refractivity contribution in [3.05, 3.63) is 99.6 Å². The molecule has 11 heteroatoms. The van der Waals surface area contributed by atoms with Gasteiger partial charge in [-0.1, -0.05) is 47.7 Å². The van der Waals surface area contributed by atoms with E-state index in [0.717, 1.165) is 44.9 Å². The second-order valence-electron chi connectivity index (χ2n) is 11.0. The van der Waals surface area contributed by atoms with Gasteiger partial charge in [0.1, 0.15) is 5.75 Å². The van der Waals surface area contributed by atoms with Crippen LogP contribution in [0.1, 0.15) is 48.8 Å². The van der Waals surface area contributed by atoms with Gasteiger partial charge in [-0.05, 0) is 80.4 Å². The number of amides is 1. The van der Waals surface area contributed by atoms with E-state index >= 15 is 0 Å². The highest BCUT2D eigenvalue weighted by molar-refractivity contribution is 7.22. The van der Waals surface area contributed by atoms with Crippen LogP contribution >= 0.6 is 22.7 Å². The third-order valence-electron chi connectivity index (χ3n) is 7.43. The third kappa shape index (κ3) is 6.75. The lowest BCUT2D eigenvalue weighted by Crippen LogP contribution is -2.32. The maximum absolute atomic E-state index is 13.4. The predicted molar refractivity (Wildman–Crippen MR) is 175 cm³/mol. The summed E-state index contributed by atoms with van der Waals surface area (Å²) in [6.07, 6.45) is 1.95. The number of anilines is 2. The highest BCUT2D eigenvalue weighted by Crippen LogP contribution is 2.33. The average Bonchev–Trinajstić information content (AvgIpc) is 3.63. The molecule has 5 aromatic rings. The summed E-state index contributed by atoms with van der Waals surface area (Å²) in [6.45, 7) is 2.50. The van der Waals surface area contributed by atoms with Crippen molar-refractivity contribution in [2.75, 3.05) is 37.5 Å². The van der Waals surface area contributed by atoms with Gasteiger partial charge in [-0.3, -0.25) is 10.1 Å². The first-order chi connectivity index (χ1) is 21.3. The smallest absolute Gasteiger partial charge is 0.355 e. The number of benzene rings is 3.